The summed E-state index contributed by atoms with van der Waals surface area (Å²) >= 11 is 0. The molecule has 7 nitrogen and oxygen atoms in total. The molecule has 4 N–H and O–H groups in total. The Labute approximate surface area is 212 Å². The first-order valence-electron chi connectivity index (χ1n) is 11.6. The van der Waals surface area contributed by atoms with Gasteiger partial charge in [0.2, 0.25) is 0 Å². The number of halogens is 3. The first-order chi connectivity index (χ1) is 17.8. The number of nitrogens with zero attached hydrogens (tertiary/aromatic N) is 2. The second kappa shape index (κ2) is 11.1. The number of carbonyl (C=O) groups is 1. The molecule has 1 aromatic heterocycles. The number of carbonyl (C=O) groups excluding carboxylic acids is 1. The van der Waals surface area contributed by atoms with Gasteiger partial charge in [0.25, 0.3) is 0 Å². The second-order valence-corrected chi connectivity index (χ2v) is 8.26. The number of benzene rings is 3. The van der Waals surface area contributed by atoms with Crippen molar-refractivity contribution in [2.45, 2.75) is 19.0 Å². The summed E-state index contributed by atoms with van der Waals surface area (Å²) in [6.45, 7) is 0.436. The van der Waals surface area contributed by atoms with Crippen LogP contribution in [0, 0.1) is 0 Å². The van der Waals surface area contributed by atoms with Crippen LogP contribution >= 0.6 is 0 Å². The van der Waals surface area contributed by atoms with Crippen molar-refractivity contribution in [2.24, 2.45) is 0 Å². The topological polar surface area (TPSA) is 94.2 Å². The maximum Gasteiger partial charge on any atom is 0.416 e. The van der Waals surface area contributed by atoms with Gasteiger partial charge >= 0.3 is 12.2 Å². The molecule has 2 amide bonds. The molecule has 0 aliphatic carbocycles. The first kappa shape index (κ1) is 25.6. The van der Waals surface area contributed by atoms with Crippen LogP contribution in [-0.4, -0.2) is 29.5 Å². The van der Waals surface area contributed by atoms with Crippen molar-refractivity contribution in [3.05, 3.63) is 90.0 Å². The maximum atomic E-state index is 13.0. The summed E-state index contributed by atoms with van der Waals surface area (Å²) in [5.74, 6) is 0.703. The number of rotatable bonds is 8. The molecule has 3 aromatic carbocycles. The molecule has 37 heavy (non-hydrogen) atoms. The number of ether oxygens (including phenoxy) is 1. The van der Waals surface area contributed by atoms with Crippen molar-refractivity contribution in [1.29, 1.82) is 0 Å². The van der Waals surface area contributed by atoms with Crippen molar-refractivity contribution in [3.8, 4) is 22.7 Å². The first-order valence-corrected chi connectivity index (χ1v) is 11.6. The van der Waals surface area contributed by atoms with E-state index in [9.17, 15) is 18.0 Å². The molecule has 0 aliphatic heterocycles. The van der Waals surface area contributed by atoms with Crippen molar-refractivity contribution >= 4 is 17.5 Å². The Bertz CT molecular complexity index is 1340. The molecule has 0 spiro atoms. The van der Waals surface area contributed by atoms with Crippen LogP contribution in [0.25, 0.3) is 16.9 Å². The third-order valence-corrected chi connectivity index (χ3v) is 5.73. The molecule has 10 heteroatoms. The quantitative estimate of drug-likeness (QED) is 0.258. The minimum absolute atomic E-state index is 0.0741. The third kappa shape index (κ3) is 6.21. The predicted molar refractivity (Wildman–Crippen MR) is 137 cm³/mol. The molecule has 192 valence electrons. The lowest BCUT2D eigenvalue weighted by Gasteiger charge is -2.10. The number of hydrogen-bond donors (Lipinski definition) is 3. The second-order valence-electron chi connectivity index (χ2n) is 8.26. The Morgan fingerprint density at radius 1 is 1.00 bits per heavy atom. The average molecular weight is 510 g/mol. The molecule has 1 heterocycles. The zero-order chi connectivity index (χ0) is 26.4. The molecule has 0 radical (unpaired) electrons. The molecule has 4 rings (SSSR count). The van der Waals surface area contributed by atoms with Gasteiger partial charge in [-0.25, -0.2) is 9.48 Å². The van der Waals surface area contributed by atoms with Gasteiger partial charge in [-0.2, -0.15) is 18.3 Å². The lowest BCUT2D eigenvalue weighted by atomic mass is 10.1. The van der Waals surface area contributed by atoms with E-state index in [2.05, 4.69) is 15.7 Å². The number of alkyl halides is 3. The van der Waals surface area contributed by atoms with Crippen molar-refractivity contribution in [3.63, 3.8) is 0 Å². The Morgan fingerprint density at radius 3 is 2.30 bits per heavy atom. The Balaban J connectivity index is 1.56. The lowest BCUT2D eigenvalue weighted by molar-refractivity contribution is -0.137. The fourth-order valence-electron chi connectivity index (χ4n) is 3.79. The fourth-order valence-corrected chi connectivity index (χ4v) is 3.79. The minimum atomic E-state index is -4.46. The van der Waals surface area contributed by atoms with Crippen LogP contribution in [0.2, 0.25) is 0 Å². The molecule has 0 aliphatic rings. The highest BCUT2D eigenvalue weighted by Gasteiger charge is 2.30. The van der Waals surface area contributed by atoms with Crippen LogP contribution in [0.1, 0.15) is 17.5 Å². The number of aryl methyl sites for hydroxylation is 1. The van der Waals surface area contributed by atoms with Gasteiger partial charge in [-0.1, -0.05) is 30.3 Å². The summed E-state index contributed by atoms with van der Waals surface area (Å²) in [6, 6.07) is 20.9. The zero-order valence-electron chi connectivity index (χ0n) is 20.0. The standard InChI is InChI=1S/C27H26F3N5O2/c1-37-22-15-9-19(10-16-22)23-24(33-26(36)32-17-5-8-18-6-3-2-4-7-18)25(31)35(34-23)21-13-11-20(12-14-21)27(28,29)30/h2-4,6-7,9-16H,5,8,17,31H2,1H3,(H2,32,33,36). The minimum Gasteiger partial charge on any atom is -0.497 e. The average Bonchev–Trinajstić information content (AvgIpc) is 3.22. The van der Waals surface area contributed by atoms with Crippen LogP contribution < -0.4 is 21.1 Å². The monoisotopic (exact) mass is 509 g/mol. The van der Waals surface area contributed by atoms with Crippen LogP contribution in [0.3, 0.4) is 0 Å². The van der Waals surface area contributed by atoms with Crippen molar-refractivity contribution < 1.29 is 22.7 Å². The summed E-state index contributed by atoms with van der Waals surface area (Å²) in [5, 5.41) is 10.1. The molecule has 4 aromatic rings. The number of hydrogen-bond acceptors (Lipinski definition) is 4. The van der Waals surface area contributed by atoms with Crippen LogP contribution in [0.15, 0.2) is 78.9 Å². The van der Waals surface area contributed by atoms with E-state index in [0.717, 1.165) is 25.0 Å². The summed E-state index contributed by atoms with van der Waals surface area (Å²) in [5.41, 5.74) is 8.29. The Hall–Kier alpha value is -4.47. The zero-order valence-corrected chi connectivity index (χ0v) is 20.0. The molecular formula is C27H26F3N5O2. The summed E-state index contributed by atoms with van der Waals surface area (Å²) in [4.78, 5) is 12.7. The van der Waals surface area contributed by atoms with E-state index in [0.29, 0.717) is 29.2 Å². The molecule has 0 atom stereocenters. The van der Waals surface area contributed by atoms with Gasteiger partial charge in [0.1, 0.15) is 17.1 Å². The number of anilines is 2. The third-order valence-electron chi connectivity index (χ3n) is 5.73. The number of urea groups is 1. The fraction of sp³-hybridized carbons (Fsp3) is 0.185. The van der Waals surface area contributed by atoms with E-state index in [1.165, 1.54) is 22.4 Å². The number of nitrogen functional groups attached to an aromatic ring is 1. The van der Waals surface area contributed by atoms with Gasteiger partial charge in [0.15, 0.2) is 5.82 Å². The summed E-state index contributed by atoms with van der Waals surface area (Å²) in [6.07, 6.45) is -2.91. The maximum absolute atomic E-state index is 13.0. The van der Waals surface area contributed by atoms with Crippen LogP contribution in [-0.2, 0) is 12.6 Å². The predicted octanol–water partition coefficient (Wildman–Crippen LogP) is 5.90. The Morgan fingerprint density at radius 2 is 1.68 bits per heavy atom. The van der Waals surface area contributed by atoms with E-state index in [1.807, 2.05) is 30.3 Å². The lowest BCUT2D eigenvalue weighted by Crippen LogP contribution is -2.30. The van der Waals surface area contributed by atoms with Crippen molar-refractivity contribution in [1.82, 2.24) is 15.1 Å². The summed E-state index contributed by atoms with van der Waals surface area (Å²) < 4.78 is 45.5. The number of nitrogens with one attached hydrogen (secondary N) is 2. The van der Waals surface area contributed by atoms with E-state index in [4.69, 9.17) is 10.5 Å². The molecule has 0 unspecified atom stereocenters. The van der Waals surface area contributed by atoms with Crippen LogP contribution in [0.4, 0.5) is 29.5 Å². The molecular weight excluding hydrogens is 483 g/mol. The van der Waals surface area contributed by atoms with Gasteiger partial charge in [0.05, 0.1) is 18.4 Å². The highest BCUT2D eigenvalue weighted by Crippen LogP contribution is 2.36. The number of amides is 2. The van der Waals surface area contributed by atoms with E-state index < -0.39 is 17.8 Å². The normalized spacial score (nSPS) is 11.2. The molecule has 0 saturated heterocycles. The SMILES string of the molecule is COc1ccc(-c2nn(-c3ccc(C(F)(F)F)cc3)c(N)c2NC(=O)NCCCc2ccccc2)cc1. The number of methoxy groups -OCH3 is 1. The van der Waals surface area contributed by atoms with Gasteiger partial charge in [-0.3, -0.25) is 0 Å². The van der Waals surface area contributed by atoms with E-state index in [-0.39, 0.29) is 11.5 Å². The highest BCUT2D eigenvalue weighted by molar-refractivity contribution is 5.97. The van der Waals surface area contributed by atoms with Gasteiger partial charge in [-0.05, 0) is 66.9 Å². The number of aromatic nitrogens is 2. The Kier molecular flexibility index (Phi) is 7.66. The van der Waals surface area contributed by atoms with Gasteiger partial charge in [0, 0.05) is 12.1 Å². The molecule has 0 saturated carbocycles. The van der Waals surface area contributed by atoms with Gasteiger partial charge in [-0.15, -0.1) is 0 Å². The molecule has 0 bridgehead atoms. The van der Waals surface area contributed by atoms with Gasteiger partial charge < -0.3 is 21.1 Å². The van der Waals surface area contributed by atoms with Crippen molar-refractivity contribution in [2.75, 3.05) is 24.7 Å². The largest absolute Gasteiger partial charge is 0.497 e. The smallest absolute Gasteiger partial charge is 0.416 e. The summed E-state index contributed by atoms with van der Waals surface area (Å²) in [7, 11) is 1.54. The highest BCUT2D eigenvalue weighted by atomic mass is 19.4. The van der Waals surface area contributed by atoms with E-state index in [1.54, 1.807) is 31.4 Å². The molecule has 0 fully saturated rings. The number of nitrogens with two attached hydrogens (primary N) is 1. The van der Waals surface area contributed by atoms with Crippen LogP contribution in [0.5, 0.6) is 5.75 Å². The van der Waals surface area contributed by atoms with E-state index >= 15 is 0 Å².